The number of nitrogens with zero attached hydrogens (tertiary/aromatic N) is 1. The van der Waals surface area contributed by atoms with E-state index in [4.69, 9.17) is 21.1 Å². The fourth-order valence-electron chi connectivity index (χ4n) is 2.47. The van der Waals surface area contributed by atoms with Gasteiger partial charge in [0, 0.05) is 36.3 Å². The van der Waals surface area contributed by atoms with Gasteiger partial charge >= 0.3 is 6.09 Å². The van der Waals surface area contributed by atoms with E-state index in [2.05, 4.69) is 5.32 Å². The highest BCUT2D eigenvalue weighted by molar-refractivity contribution is 6.30. The Balaban J connectivity index is 2.19. The minimum Gasteiger partial charge on any atom is -0.504 e. The third-order valence-electron chi connectivity index (χ3n) is 3.49. The van der Waals surface area contributed by atoms with Gasteiger partial charge in [0.1, 0.15) is 5.60 Å². The van der Waals surface area contributed by atoms with Gasteiger partial charge in [0.2, 0.25) is 0 Å². The fourth-order valence-corrected chi connectivity index (χ4v) is 2.68. The van der Waals surface area contributed by atoms with E-state index in [1.807, 2.05) is 20.8 Å². The smallest absolute Gasteiger partial charge is 0.410 e. The van der Waals surface area contributed by atoms with Crippen LogP contribution in [-0.2, 0) is 4.74 Å². The second-order valence-corrected chi connectivity index (χ2v) is 6.92. The summed E-state index contributed by atoms with van der Waals surface area (Å²) in [5.74, 6) is 0.337. The number of piperazine rings is 1. The molecule has 1 saturated heterocycles. The van der Waals surface area contributed by atoms with E-state index in [1.54, 1.807) is 17.0 Å². The molecule has 1 unspecified atom stereocenters. The van der Waals surface area contributed by atoms with Gasteiger partial charge in [-0.3, -0.25) is 0 Å². The first-order valence-electron chi connectivity index (χ1n) is 7.49. The molecule has 1 fully saturated rings. The summed E-state index contributed by atoms with van der Waals surface area (Å²) in [6, 6.07) is 2.98. The highest BCUT2D eigenvalue weighted by atomic mass is 35.5. The minimum absolute atomic E-state index is 0.0282. The Morgan fingerprint density at radius 3 is 2.74 bits per heavy atom. The van der Waals surface area contributed by atoms with Crippen molar-refractivity contribution >= 4 is 17.7 Å². The molecule has 1 atom stereocenters. The van der Waals surface area contributed by atoms with Crippen LogP contribution in [0.2, 0.25) is 5.02 Å². The first-order chi connectivity index (χ1) is 10.7. The highest BCUT2D eigenvalue weighted by Crippen LogP contribution is 2.37. The number of hydrogen-bond acceptors (Lipinski definition) is 5. The number of nitrogens with one attached hydrogen (secondary N) is 1. The van der Waals surface area contributed by atoms with Crippen molar-refractivity contribution in [1.29, 1.82) is 0 Å². The molecular weight excluding hydrogens is 320 g/mol. The number of aromatic hydroxyl groups is 1. The third kappa shape index (κ3) is 4.42. The number of benzene rings is 1. The predicted octanol–water partition coefficient (Wildman–Crippen LogP) is 2.94. The summed E-state index contributed by atoms with van der Waals surface area (Å²) in [6.45, 7) is 7.02. The van der Waals surface area contributed by atoms with Gasteiger partial charge in [-0.05, 0) is 26.8 Å². The zero-order chi connectivity index (χ0) is 17.2. The molecule has 6 nitrogen and oxygen atoms in total. The second-order valence-electron chi connectivity index (χ2n) is 6.48. The van der Waals surface area contributed by atoms with Gasteiger partial charge in [0.15, 0.2) is 11.5 Å². The molecule has 7 heteroatoms. The van der Waals surface area contributed by atoms with Crippen LogP contribution >= 0.6 is 11.6 Å². The van der Waals surface area contributed by atoms with E-state index in [1.165, 1.54) is 7.11 Å². The summed E-state index contributed by atoms with van der Waals surface area (Å²) in [7, 11) is 1.47. The Morgan fingerprint density at radius 1 is 1.43 bits per heavy atom. The molecule has 1 aromatic carbocycles. The van der Waals surface area contributed by atoms with E-state index < -0.39 is 5.60 Å². The van der Waals surface area contributed by atoms with Crippen LogP contribution in [0.25, 0.3) is 0 Å². The Labute approximate surface area is 141 Å². The largest absolute Gasteiger partial charge is 0.504 e. The molecule has 0 saturated carbocycles. The summed E-state index contributed by atoms with van der Waals surface area (Å²) in [6.07, 6.45) is -0.363. The Bertz CT molecular complexity index is 586. The van der Waals surface area contributed by atoms with Crippen LogP contribution in [0.1, 0.15) is 32.4 Å². The summed E-state index contributed by atoms with van der Waals surface area (Å²) >= 11 is 6.08. The highest BCUT2D eigenvalue weighted by Gasteiger charge is 2.30. The minimum atomic E-state index is -0.543. The molecule has 0 bridgehead atoms. The molecule has 1 aliphatic rings. The molecule has 0 aromatic heterocycles. The molecule has 128 valence electrons. The van der Waals surface area contributed by atoms with Gasteiger partial charge in [-0.15, -0.1) is 0 Å². The van der Waals surface area contributed by atoms with Crippen molar-refractivity contribution in [2.75, 3.05) is 26.7 Å². The number of halogens is 1. The van der Waals surface area contributed by atoms with Crippen LogP contribution in [0.3, 0.4) is 0 Å². The predicted molar refractivity (Wildman–Crippen MR) is 88.2 cm³/mol. The Kier molecular flexibility index (Phi) is 5.26. The SMILES string of the molecule is COc1cc(Cl)cc(C2CN(C(=O)OC(C)(C)C)CCN2)c1O. The van der Waals surface area contributed by atoms with Crippen LogP contribution < -0.4 is 10.1 Å². The van der Waals surface area contributed by atoms with E-state index in [9.17, 15) is 9.90 Å². The maximum atomic E-state index is 12.2. The van der Waals surface area contributed by atoms with Crippen molar-refractivity contribution in [3.63, 3.8) is 0 Å². The van der Waals surface area contributed by atoms with Crippen LogP contribution in [-0.4, -0.2) is 48.4 Å². The molecule has 1 aliphatic heterocycles. The number of carbonyl (C=O) groups excluding carboxylic acids is 1. The van der Waals surface area contributed by atoms with Crippen LogP contribution in [0, 0.1) is 0 Å². The van der Waals surface area contributed by atoms with E-state index in [0.717, 1.165) is 0 Å². The quantitative estimate of drug-likeness (QED) is 0.864. The normalized spacial score (nSPS) is 18.7. The van der Waals surface area contributed by atoms with Crippen LogP contribution in [0.5, 0.6) is 11.5 Å². The lowest BCUT2D eigenvalue weighted by Gasteiger charge is -2.35. The molecule has 0 aliphatic carbocycles. The number of hydrogen-bond donors (Lipinski definition) is 2. The Morgan fingerprint density at radius 2 is 2.13 bits per heavy atom. The molecule has 0 radical (unpaired) electrons. The van der Waals surface area contributed by atoms with Gasteiger partial charge in [-0.2, -0.15) is 0 Å². The first-order valence-corrected chi connectivity index (χ1v) is 7.87. The zero-order valence-electron chi connectivity index (χ0n) is 13.9. The fraction of sp³-hybridized carbons (Fsp3) is 0.562. The molecule has 0 spiro atoms. The van der Waals surface area contributed by atoms with E-state index in [0.29, 0.717) is 36.0 Å². The van der Waals surface area contributed by atoms with Crippen molar-refractivity contribution in [3.05, 3.63) is 22.7 Å². The van der Waals surface area contributed by atoms with E-state index >= 15 is 0 Å². The molecule has 23 heavy (non-hydrogen) atoms. The van der Waals surface area contributed by atoms with Gasteiger partial charge < -0.3 is 24.8 Å². The number of phenolic OH excluding ortho intramolecular Hbond substituents is 1. The average Bonchev–Trinajstić information content (AvgIpc) is 2.47. The van der Waals surface area contributed by atoms with Gasteiger partial charge in [0.25, 0.3) is 0 Å². The standard InChI is InChI=1S/C16H23ClN2O4/c1-16(2,3)23-15(21)19-6-5-18-12(9-19)11-7-10(17)8-13(22-4)14(11)20/h7-8,12,18,20H,5-6,9H2,1-4H3. The Hall–Kier alpha value is -1.66. The maximum absolute atomic E-state index is 12.2. The summed E-state index contributed by atoms with van der Waals surface area (Å²) in [5.41, 5.74) is 0.0568. The van der Waals surface area contributed by atoms with Crippen molar-refractivity contribution < 1.29 is 19.4 Å². The van der Waals surface area contributed by atoms with Gasteiger partial charge in [0.05, 0.1) is 13.2 Å². The number of rotatable bonds is 2. The number of methoxy groups -OCH3 is 1. The summed E-state index contributed by atoms with van der Waals surface area (Å²) < 4.78 is 10.5. The number of phenols is 1. The maximum Gasteiger partial charge on any atom is 0.410 e. The number of amides is 1. The molecule has 1 heterocycles. The molecule has 1 aromatic rings. The monoisotopic (exact) mass is 342 g/mol. The van der Waals surface area contributed by atoms with Gasteiger partial charge in [-0.25, -0.2) is 4.79 Å². The lowest BCUT2D eigenvalue weighted by Crippen LogP contribution is -2.49. The molecule has 2 N–H and O–H groups in total. The van der Waals surface area contributed by atoms with Crippen molar-refractivity contribution in [2.24, 2.45) is 0 Å². The van der Waals surface area contributed by atoms with E-state index in [-0.39, 0.29) is 17.9 Å². The van der Waals surface area contributed by atoms with Crippen LogP contribution in [0.15, 0.2) is 12.1 Å². The average molecular weight is 343 g/mol. The lowest BCUT2D eigenvalue weighted by atomic mass is 10.0. The van der Waals surface area contributed by atoms with Gasteiger partial charge in [-0.1, -0.05) is 11.6 Å². The third-order valence-corrected chi connectivity index (χ3v) is 3.71. The van der Waals surface area contributed by atoms with Crippen molar-refractivity contribution in [1.82, 2.24) is 10.2 Å². The topological polar surface area (TPSA) is 71.0 Å². The molecule has 1 amide bonds. The first kappa shape index (κ1) is 17.7. The molecule has 2 rings (SSSR count). The number of carbonyl (C=O) groups is 1. The summed E-state index contributed by atoms with van der Waals surface area (Å²) in [4.78, 5) is 13.9. The zero-order valence-corrected chi connectivity index (χ0v) is 14.6. The molecular formula is C16H23ClN2O4. The van der Waals surface area contributed by atoms with Crippen molar-refractivity contribution in [2.45, 2.75) is 32.4 Å². The number of ether oxygens (including phenoxy) is 2. The van der Waals surface area contributed by atoms with Crippen LogP contribution in [0.4, 0.5) is 4.79 Å². The second kappa shape index (κ2) is 6.84. The lowest BCUT2D eigenvalue weighted by molar-refractivity contribution is 0.0194. The van der Waals surface area contributed by atoms with Crippen molar-refractivity contribution in [3.8, 4) is 11.5 Å². The summed E-state index contributed by atoms with van der Waals surface area (Å²) in [5, 5.41) is 14.1.